The van der Waals surface area contributed by atoms with Gasteiger partial charge in [-0.2, -0.15) is 0 Å². The molecule has 1 atom stereocenters. The van der Waals surface area contributed by atoms with E-state index in [1.807, 2.05) is 0 Å². The number of rotatable bonds is 0. The highest BCUT2D eigenvalue weighted by Gasteiger charge is 2.03. The molecule has 1 unspecified atom stereocenters. The summed E-state index contributed by atoms with van der Waals surface area (Å²) in [5.74, 6) is 0.781. The van der Waals surface area contributed by atoms with Crippen molar-refractivity contribution in [3.63, 3.8) is 0 Å². The second-order valence-electron chi connectivity index (χ2n) is 2.34. The Balaban J connectivity index is 2.63. The largest absolute Gasteiger partial charge is 0.140 e. The third kappa shape index (κ3) is 1.43. The van der Waals surface area contributed by atoms with E-state index in [1.165, 1.54) is 6.42 Å². The standard InChI is InChI=1S/C7H10S/c1-6-3-2-4-7(8)5-6/h2,6,8H,3,5H2,1H3. The van der Waals surface area contributed by atoms with Crippen LogP contribution in [0.4, 0.5) is 0 Å². The van der Waals surface area contributed by atoms with Crippen LogP contribution in [0.15, 0.2) is 16.7 Å². The van der Waals surface area contributed by atoms with Gasteiger partial charge in [0, 0.05) is 4.91 Å². The molecule has 0 saturated carbocycles. The van der Waals surface area contributed by atoms with Gasteiger partial charge >= 0.3 is 0 Å². The average Bonchev–Trinajstić information content (AvgIpc) is 1.64. The molecule has 8 heavy (non-hydrogen) atoms. The minimum atomic E-state index is 0.781. The molecule has 0 nitrogen and oxygen atoms in total. The van der Waals surface area contributed by atoms with Crippen LogP contribution in [-0.2, 0) is 0 Å². The minimum Gasteiger partial charge on any atom is -0.140 e. The first-order valence-electron chi connectivity index (χ1n) is 2.92. The van der Waals surface area contributed by atoms with Crippen LogP contribution < -0.4 is 0 Å². The summed E-state index contributed by atoms with van der Waals surface area (Å²) in [6.45, 7) is 2.23. The van der Waals surface area contributed by atoms with Crippen molar-refractivity contribution in [1.82, 2.24) is 0 Å². The highest BCUT2D eigenvalue weighted by molar-refractivity contribution is 7.84. The molecule has 1 rings (SSSR count). The van der Waals surface area contributed by atoms with E-state index in [2.05, 4.69) is 31.4 Å². The van der Waals surface area contributed by atoms with Gasteiger partial charge in [0.2, 0.25) is 0 Å². The Bertz CT molecular complexity index is 140. The molecule has 0 aromatic heterocycles. The van der Waals surface area contributed by atoms with Crippen molar-refractivity contribution in [2.75, 3.05) is 0 Å². The fraction of sp³-hybridized carbons (Fsp3) is 0.571. The molecule has 0 aromatic rings. The van der Waals surface area contributed by atoms with Gasteiger partial charge in [0.1, 0.15) is 0 Å². The van der Waals surface area contributed by atoms with Crippen LogP contribution in [0.2, 0.25) is 0 Å². The molecule has 0 saturated heterocycles. The number of thiol groups is 1. The smallest absolute Gasteiger partial charge is 0.0234 e. The lowest BCUT2D eigenvalue weighted by molar-refractivity contribution is 0.591. The number of allylic oxidation sites excluding steroid dienone is 1. The number of hydrogen-bond acceptors (Lipinski definition) is 1. The third-order valence-corrected chi connectivity index (χ3v) is 1.64. The number of hydrogen-bond donors (Lipinski definition) is 1. The Morgan fingerprint density at radius 3 is 3.00 bits per heavy atom. The van der Waals surface area contributed by atoms with Crippen LogP contribution >= 0.6 is 12.6 Å². The zero-order valence-electron chi connectivity index (χ0n) is 5.02. The van der Waals surface area contributed by atoms with Crippen LogP contribution in [0.5, 0.6) is 0 Å². The molecule has 1 aliphatic carbocycles. The van der Waals surface area contributed by atoms with Crippen molar-refractivity contribution >= 4 is 12.6 Å². The Kier molecular flexibility index (Phi) is 1.82. The summed E-state index contributed by atoms with van der Waals surface area (Å²) in [4.78, 5) is 1.10. The van der Waals surface area contributed by atoms with E-state index in [4.69, 9.17) is 0 Å². The Labute approximate surface area is 55.7 Å². The second-order valence-corrected chi connectivity index (χ2v) is 2.88. The first-order chi connectivity index (χ1) is 3.79. The molecule has 0 N–H and O–H groups in total. The van der Waals surface area contributed by atoms with Gasteiger partial charge in [0.05, 0.1) is 0 Å². The van der Waals surface area contributed by atoms with Crippen LogP contribution in [0.3, 0.4) is 0 Å². The summed E-state index contributed by atoms with van der Waals surface area (Å²) < 4.78 is 0. The monoisotopic (exact) mass is 126 g/mol. The van der Waals surface area contributed by atoms with Crippen molar-refractivity contribution in [2.45, 2.75) is 19.8 Å². The van der Waals surface area contributed by atoms with Crippen LogP contribution in [-0.4, -0.2) is 0 Å². The zero-order chi connectivity index (χ0) is 5.98. The Hall–Kier alpha value is -0.130. The highest BCUT2D eigenvalue weighted by Crippen LogP contribution is 2.20. The van der Waals surface area contributed by atoms with Gasteiger partial charge in [-0.15, -0.1) is 18.4 Å². The quantitative estimate of drug-likeness (QED) is 0.374. The summed E-state index contributed by atoms with van der Waals surface area (Å²) in [5, 5.41) is 0. The molecule has 0 radical (unpaired) electrons. The van der Waals surface area contributed by atoms with Crippen molar-refractivity contribution in [1.29, 1.82) is 0 Å². The van der Waals surface area contributed by atoms with Gasteiger partial charge in [-0.3, -0.25) is 0 Å². The van der Waals surface area contributed by atoms with Crippen LogP contribution in [0.25, 0.3) is 0 Å². The van der Waals surface area contributed by atoms with Gasteiger partial charge < -0.3 is 0 Å². The van der Waals surface area contributed by atoms with Gasteiger partial charge in [-0.05, 0) is 24.8 Å². The van der Waals surface area contributed by atoms with Gasteiger partial charge in [0.15, 0.2) is 0 Å². The summed E-state index contributed by atoms with van der Waals surface area (Å²) in [6.07, 6.45) is 4.35. The normalized spacial score (nSPS) is 27.8. The molecule has 44 valence electrons. The fourth-order valence-corrected chi connectivity index (χ4v) is 1.25. The molecular weight excluding hydrogens is 116 g/mol. The molecule has 0 bridgehead atoms. The maximum absolute atomic E-state index is 4.19. The van der Waals surface area contributed by atoms with E-state index >= 15 is 0 Å². The zero-order valence-corrected chi connectivity index (χ0v) is 5.91. The fourth-order valence-electron chi connectivity index (χ4n) is 0.850. The van der Waals surface area contributed by atoms with Crippen LogP contribution in [0.1, 0.15) is 19.8 Å². The van der Waals surface area contributed by atoms with Gasteiger partial charge in [-0.1, -0.05) is 6.92 Å². The summed E-state index contributed by atoms with van der Waals surface area (Å²) in [6, 6.07) is 0. The van der Waals surface area contributed by atoms with Crippen LogP contribution in [0, 0.1) is 5.92 Å². The minimum absolute atomic E-state index is 0.781. The van der Waals surface area contributed by atoms with Crippen molar-refractivity contribution in [3.05, 3.63) is 16.7 Å². The third-order valence-electron chi connectivity index (χ3n) is 1.33. The molecule has 0 fully saturated rings. The molecule has 1 heteroatoms. The topological polar surface area (TPSA) is 0 Å². The Morgan fingerprint density at radius 2 is 2.62 bits per heavy atom. The maximum Gasteiger partial charge on any atom is 0.0234 e. The van der Waals surface area contributed by atoms with Crippen molar-refractivity contribution < 1.29 is 0 Å². The first kappa shape index (κ1) is 6.00. The SMILES string of the molecule is CC1CC=C=C(S)C1. The maximum atomic E-state index is 4.19. The first-order valence-corrected chi connectivity index (χ1v) is 3.37. The van der Waals surface area contributed by atoms with Crippen molar-refractivity contribution in [3.8, 4) is 0 Å². The second kappa shape index (κ2) is 2.43. The summed E-state index contributed by atoms with van der Waals surface area (Å²) in [7, 11) is 0. The predicted octanol–water partition coefficient (Wildman–Crippen LogP) is 2.39. The van der Waals surface area contributed by atoms with E-state index in [0.717, 1.165) is 17.2 Å². The molecule has 0 aromatic carbocycles. The predicted molar refractivity (Wildman–Crippen MR) is 39.0 cm³/mol. The molecule has 0 amide bonds. The Morgan fingerprint density at radius 1 is 1.88 bits per heavy atom. The van der Waals surface area contributed by atoms with Gasteiger partial charge in [0.25, 0.3) is 0 Å². The van der Waals surface area contributed by atoms with Gasteiger partial charge in [-0.25, -0.2) is 0 Å². The van der Waals surface area contributed by atoms with E-state index in [-0.39, 0.29) is 0 Å². The highest BCUT2D eigenvalue weighted by atomic mass is 32.1. The molecule has 0 heterocycles. The molecule has 0 aliphatic heterocycles. The van der Waals surface area contributed by atoms with E-state index in [1.54, 1.807) is 0 Å². The van der Waals surface area contributed by atoms with E-state index in [0.29, 0.717) is 0 Å². The lowest BCUT2D eigenvalue weighted by Gasteiger charge is -2.08. The van der Waals surface area contributed by atoms with Crippen molar-refractivity contribution in [2.24, 2.45) is 5.92 Å². The average molecular weight is 126 g/mol. The molecular formula is C7H10S. The summed E-state index contributed by atoms with van der Waals surface area (Å²) in [5.41, 5.74) is 3.07. The van der Waals surface area contributed by atoms with E-state index < -0.39 is 0 Å². The molecule has 1 aliphatic rings. The summed E-state index contributed by atoms with van der Waals surface area (Å²) >= 11 is 4.19. The molecule has 0 spiro atoms. The lowest BCUT2D eigenvalue weighted by Crippen LogP contribution is -1.94. The lowest BCUT2D eigenvalue weighted by atomic mass is 10.0. The van der Waals surface area contributed by atoms with E-state index in [9.17, 15) is 0 Å².